The third kappa shape index (κ3) is 2.59. The Bertz CT molecular complexity index is 538. The first-order valence-electron chi connectivity index (χ1n) is 5.05. The third-order valence-electron chi connectivity index (χ3n) is 2.35. The molecule has 0 spiro atoms. The van der Waals surface area contributed by atoms with Crippen LogP contribution in [0.3, 0.4) is 0 Å². The largest absolute Gasteiger partial charge is 0.398 e. The maximum absolute atomic E-state index is 11.8. The van der Waals surface area contributed by atoms with Crippen LogP contribution >= 0.6 is 11.3 Å². The SMILES string of the molecule is Cc1ncsc1CNC(=O)c1cnccc1N. The molecule has 2 aromatic heterocycles. The minimum atomic E-state index is -0.219. The van der Waals surface area contributed by atoms with E-state index >= 15 is 0 Å². The number of hydrogen-bond acceptors (Lipinski definition) is 5. The van der Waals surface area contributed by atoms with Gasteiger partial charge in [0, 0.05) is 23.0 Å². The molecule has 0 atom stereocenters. The molecule has 0 aliphatic carbocycles. The summed E-state index contributed by atoms with van der Waals surface area (Å²) in [5.41, 5.74) is 9.22. The van der Waals surface area contributed by atoms with E-state index in [2.05, 4.69) is 15.3 Å². The number of aryl methyl sites for hydroxylation is 1. The van der Waals surface area contributed by atoms with Gasteiger partial charge in [0.05, 0.1) is 23.3 Å². The summed E-state index contributed by atoms with van der Waals surface area (Å²) >= 11 is 1.52. The highest BCUT2D eigenvalue weighted by Gasteiger charge is 2.10. The van der Waals surface area contributed by atoms with Crippen molar-refractivity contribution in [3.05, 3.63) is 40.1 Å². The lowest BCUT2D eigenvalue weighted by atomic mass is 10.2. The first-order chi connectivity index (χ1) is 8.18. The van der Waals surface area contributed by atoms with Crippen LogP contribution in [0.15, 0.2) is 24.0 Å². The van der Waals surface area contributed by atoms with Crippen LogP contribution in [0, 0.1) is 6.92 Å². The number of nitrogens with two attached hydrogens (primary N) is 1. The summed E-state index contributed by atoms with van der Waals surface area (Å²) in [5, 5.41) is 2.79. The molecule has 0 unspecified atom stereocenters. The molecule has 6 heteroatoms. The van der Waals surface area contributed by atoms with E-state index in [-0.39, 0.29) is 5.91 Å². The van der Waals surface area contributed by atoms with E-state index in [1.807, 2.05) is 6.92 Å². The number of carbonyl (C=O) groups is 1. The fraction of sp³-hybridized carbons (Fsp3) is 0.182. The predicted octanol–water partition coefficient (Wildman–Crippen LogP) is 1.36. The van der Waals surface area contributed by atoms with Crippen molar-refractivity contribution < 1.29 is 4.79 Å². The van der Waals surface area contributed by atoms with Crippen molar-refractivity contribution in [1.82, 2.24) is 15.3 Å². The Balaban J connectivity index is 2.04. The molecule has 0 fully saturated rings. The van der Waals surface area contributed by atoms with Crippen LogP contribution in [0.4, 0.5) is 5.69 Å². The van der Waals surface area contributed by atoms with Gasteiger partial charge >= 0.3 is 0 Å². The molecule has 0 saturated heterocycles. The highest BCUT2D eigenvalue weighted by molar-refractivity contribution is 7.09. The second kappa shape index (κ2) is 4.92. The van der Waals surface area contributed by atoms with Gasteiger partial charge in [0.15, 0.2) is 0 Å². The van der Waals surface area contributed by atoms with Gasteiger partial charge in [0.1, 0.15) is 0 Å². The number of anilines is 1. The second-order valence-corrected chi connectivity index (χ2v) is 4.45. The van der Waals surface area contributed by atoms with Gasteiger partial charge in [0.25, 0.3) is 5.91 Å². The molecule has 0 aliphatic rings. The van der Waals surface area contributed by atoms with Crippen LogP contribution < -0.4 is 11.1 Å². The minimum absolute atomic E-state index is 0.219. The highest BCUT2D eigenvalue weighted by Crippen LogP contribution is 2.13. The Hall–Kier alpha value is -1.95. The average Bonchev–Trinajstić information content (AvgIpc) is 2.72. The standard InChI is InChI=1S/C11H12N4OS/c1-7-10(17-6-15-7)5-14-11(16)8-4-13-3-2-9(8)12/h2-4,6H,5H2,1H3,(H2,12,13)(H,14,16). The number of aromatic nitrogens is 2. The second-order valence-electron chi connectivity index (χ2n) is 3.51. The van der Waals surface area contributed by atoms with E-state index in [1.165, 1.54) is 17.5 Å². The first kappa shape index (κ1) is 11.5. The van der Waals surface area contributed by atoms with E-state index in [0.29, 0.717) is 17.8 Å². The molecule has 0 radical (unpaired) electrons. The lowest BCUT2D eigenvalue weighted by Gasteiger charge is -2.05. The zero-order chi connectivity index (χ0) is 12.3. The fourth-order valence-electron chi connectivity index (χ4n) is 1.35. The molecule has 0 aromatic carbocycles. The molecule has 2 heterocycles. The Morgan fingerprint density at radius 3 is 3.06 bits per heavy atom. The van der Waals surface area contributed by atoms with Crippen LogP contribution in [0.2, 0.25) is 0 Å². The lowest BCUT2D eigenvalue weighted by Crippen LogP contribution is -2.23. The summed E-state index contributed by atoms with van der Waals surface area (Å²) < 4.78 is 0. The summed E-state index contributed by atoms with van der Waals surface area (Å²) in [4.78, 5) is 20.9. The minimum Gasteiger partial charge on any atom is -0.398 e. The van der Waals surface area contributed by atoms with E-state index in [1.54, 1.807) is 17.8 Å². The lowest BCUT2D eigenvalue weighted by molar-refractivity contribution is 0.0952. The van der Waals surface area contributed by atoms with Crippen LogP contribution in [0.5, 0.6) is 0 Å². The Morgan fingerprint density at radius 2 is 2.41 bits per heavy atom. The zero-order valence-corrected chi connectivity index (χ0v) is 10.1. The summed E-state index contributed by atoms with van der Waals surface area (Å²) in [6, 6.07) is 1.60. The van der Waals surface area contributed by atoms with Crippen molar-refractivity contribution in [2.24, 2.45) is 0 Å². The quantitative estimate of drug-likeness (QED) is 0.859. The summed E-state index contributed by atoms with van der Waals surface area (Å²) in [5.74, 6) is -0.219. The van der Waals surface area contributed by atoms with Gasteiger partial charge < -0.3 is 11.1 Å². The molecular weight excluding hydrogens is 236 g/mol. The number of rotatable bonds is 3. The van der Waals surface area contributed by atoms with Gasteiger partial charge in [-0.15, -0.1) is 11.3 Å². The number of thiazole rings is 1. The van der Waals surface area contributed by atoms with E-state index in [4.69, 9.17) is 5.73 Å². The number of carbonyl (C=O) groups excluding carboxylic acids is 1. The Labute approximate surface area is 103 Å². The average molecular weight is 248 g/mol. The van der Waals surface area contributed by atoms with Crippen LogP contribution in [-0.2, 0) is 6.54 Å². The number of hydrogen-bond donors (Lipinski definition) is 2. The normalized spacial score (nSPS) is 10.2. The molecule has 1 amide bonds. The first-order valence-corrected chi connectivity index (χ1v) is 5.93. The summed E-state index contributed by atoms with van der Waals surface area (Å²) in [6.45, 7) is 2.38. The van der Waals surface area contributed by atoms with E-state index < -0.39 is 0 Å². The van der Waals surface area contributed by atoms with Crippen LogP contribution in [-0.4, -0.2) is 15.9 Å². The maximum atomic E-state index is 11.8. The zero-order valence-electron chi connectivity index (χ0n) is 9.30. The smallest absolute Gasteiger partial charge is 0.255 e. The predicted molar refractivity (Wildman–Crippen MR) is 66.7 cm³/mol. The van der Waals surface area contributed by atoms with Crippen molar-refractivity contribution >= 4 is 22.9 Å². The van der Waals surface area contributed by atoms with E-state index in [9.17, 15) is 4.79 Å². The van der Waals surface area contributed by atoms with Crippen molar-refractivity contribution in [3.8, 4) is 0 Å². The van der Waals surface area contributed by atoms with Gasteiger partial charge in [-0.1, -0.05) is 0 Å². The molecule has 0 bridgehead atoms. The number of nitrogens with zero attached hydrogens (tertiary/aromatic N) is 2. The van der Waals surface area contributed by atoms with Gasteiger partial charge in [-0.05, 0) is 13.0 Å². The number of nitrogens with one attached hydrogen (secondary N) is 1. The molecule has 17 heavy (non-hydrogen) atoms. The molecule has 2 rings (SSSR count). The van der Waals surface area contributed by atoms with Gasteiger partial charge in [-0.25, -0.2) is 4.98 Å². The van der Waals surface area contributed by atoms with Crippen molar-refractivity contribution in [3.63, 3.8) is 0 Å². The maximum Gasteiger partial charge on any atom is 0.255 e. The summed E-state index contributed by atoms with van der Waals surface area (Å²) in [6.07, 6.45) is 3.02. The highest BCUT2D eigenvalue weighted by atomic mass is 32.1. The number of nitrogen functional groups attached to an aromatic ring is 1. The third-order valence-corrected chi connectivity index (χ3v) is 3.29. The van der Waals surface area contributed by atoms with Crippen molar-refractivity contribution in [1.29, 1.82) is 0 Å². The van der Waals surface area contributed by atoms with Gasteiger partial charge in [-0.2, -0.15) is 0 Å². The van der Waals surface area contributed by atoms with Gasteiger partial charge in [0.2, 0.25) is 0 Å². The van der Waals surface area contributed by atoms with Crippen LogP contribution in [0.1, 0.15) is 20.9 Å². The topological polar surface area (TPSA) is 80.9 Å². The monoisotopic (exact) mass is 248 g/mol. The number of amides is 1. The molecule has 2 aromatic rings. The molecule has 3 N–H and O–H groups in total. The molecule has 0 saturated carbocycles. The van der Waals surface area contributed by atoms with Crippen molar-refractivity contribution in [2.75, 3.05) is 5.73 Å². The Kier molecular flexibility index (Phi) is 3.34. The van der Waals surface area contributed by atoms with Crippen LogP contribution in [0.25, 0.3) is 0 Å². The fourth-order valence-corrected chi connectivity index (χ4v) is 2.06. The van der Waals surface area contributed by atoms with Crippen molar-refractivity contribution in [2.45, 2.75) is 13.5 Å². The molecule has 0 aliphatic heterocycles. The molecular formula is C11H12N4OS. The van der Waals surface area contributed by atoms with E-state index in [0.717, 1.165) is 10.6 Å². The summed E-state index contributed by atoms with van der Waals surface area (Å²) in [7, 11) is 0. The number of pyridine rings is 1. The van der Waals surface area contributed by atoms with Gasteiger partial charge in [-0.3, -0.25) is 9.78 Å². The molecule has 88 valence electrons. The Morgan fingerprint density at radius 1 is 1.59 bits per heavy atom. The molecule has 5 nitrogen and oxygen atoms in total.